The van der Waals surface area contributed by atoms with Gasteiger partial charge in [-0.25, -0.2) is 0 Å². The van der Waals surface area contributed by atoms with Gasteiger partial charge in [-0.15, -0.1) is 0 Å². The fraction of sp³-hybridized carbons (Fsp3) is 0.739. The molecule has 4 rings (SSSR count). The van der Waals surface area contributed by atoms with Gasteiger partial charge in [0.1, 0.15) is 0 Å². The van der Waals surface area contributed by atoms with Crippen LogP contribution in [0.1, 0.15) is 64.7 Å². The van der Waals surface area contributed by atoms with Crippen molar-refractivity contribution in [2.24, 2.45) is 23.2 Å². The number of rotatable bonds is 4. The molecule has 2 saturated carbocycles. The monoisotopic (exact) mass is 358 g/mol. The van der Waals surface area contributed by atoms with E-state index in [-0.39, 0.29) is 12.0 Å². The van der Waals surface area contributed by atoms with E-state index in [0.29, 0.717) is 11.8 Å². The SMILES string of the molecule is CCC12CCC3C4=C(CCC3C1CC[C@@]2(O)/C=C\CO)CC(OC)=CC4. The minimum absolute atomic E-state index is 0.0000953. The van der Waals surface area contributed by atoms with Crippen molar-refractivity contribution in [3.8, 4) is 0 Å². The van der Waals surface area contributed by atoms with E-state index in [2.05, 4.69) is 13.0 Å². The molecule has 3 nitrogen and oxygen atoms in total. The normalized spacial score (nSPS) is 42.3. The average molecular weight is 359 g/mol. The first-order valence-electron chi connectivity index (χ1n) is 10.5. The largest absolute Gasteiger partial charge is 0.501 e. The van der Waals surface area contributed by atoms with Gasteiger partial charge >= 0.3 is 0 Å². The summed E-state index contributed by atoms with van der Waals surface area (Å²) in [5.41, 5.74) is 2.61. The van der Waals surface area contributed by atoms with Gasteiger partial charge in [-0.05, 0) is 75.2 Å². The van der Waals surface area contributed by atoms with Crippen LogP contribution in [0.15, 0.2) is 35.1 Å². The molecule has 3 heteroatoms. The Balaban J connectivity index is 1.62. The Morgan fingerprint density at radius 2 is 2.12 bits per heavy atom. The molecule has 26 heavy (non-hydrogen) atoms. The minimum Gasteiger partial charge on any atom is -0.501 e. The van der Waals surface area contributed by atoms with Crippen LogP contribution in [0.3, 0.4) is 0 Å². The summed E-state index contributed by atoms with van der Waals surface area (Å²) in [6.45, 7) is 2.28. The van der Waals surface area contributed by atoms with Crippen LogP contribution in [0.25, 0.3) is 0 Å². The molecule has 5 atom stereocenters. The van der Waals surface area contributed by atoms with Gasteiger partial charge < -0.3 is 14.9 Å². The summed E-state index contributed by atoms with van der Waals surface area (Å²) < 4.78 is 5.51. The second kappa shape index (κ2) is 6.83. The number of aliphatic hydroxyl groups excluding tert-OH is 1. The number of ether oxygens (including phenoxy) is 1. The molecule has 0 bridgehead atoms. The number of allylic oxidation sites excluding steroid dienone is 3. The smallest absolute Gasteiger partial charge is 0.0959 e. The van der Waals surface area contributed by atoms with Gasteiger partial charge in [0, 0.05) is 11.8 Å². The van der Waals surface area contributed by atoms with Gasteiger partial charge in [0.2, 0.25) is 0 Å². The molecule has 0 radical (unpaired) electrons. The van der Waals surface area contributed by atoms with Gasteiger partial charge in [0.15, 0.2) is 0 Å². The Morgan fingerprint density at radius 3 is 2.85 bits per heavy atom. The van der Waals surface area contributed by atoms with Gasteiger partial charge in [0.05, 0.1) is 25.1 Å². The highest BCUT2D eigenvalue weighted by molar-refractivity contribution is 5.33. The Morgan fingerprint density at radius 1 is 1.27 bits per heavy atom. The fourth-order valence-corrected chi connectivity index (χ4v) is 7.16. The molecule has 0 aromatic heterocycles. The lowest BCUT2D eigenvalue weighted by Crippen LogP contribution is -2.52. The summed E-state index contributed by atoms with van der Waals surface area (Å²) in [7, 11) is 1.79. The lowest BCUT2D eigenvalue weighted by atomic mass is 9.51. The highest BCUT2D eigenvalue weighted by Gasteiger charge is 2.62. The molecule has 0 amide bonds. The van der Waals surface area contributed by atoms with Crippen molar-refractivity contribution in [1.82, 2.24) is 0 Å². The number of hydrogen-bond acceptors (Lipinski definition) is 3. The van der Waals surface area contributed by atoms with Crippen molar-refractivity contribution in [2.75, 3.05) is 13.7 Å². The summed E-state index contributed by atoms with van der Waals surface area (Å²) in [6.07, 6.45) is 15.9. The van der Waals surface area contributed by atoms with Crippen molar-refractivity contribution in [3.63, 3.8) is 0 Å². The second-order valence-corrected chi connectivity index (χ2v) is 8.90. The zero-order chi connectivity index (χ0) is 18.4. The van der Waals surface area contributed by atoms with E-state index in [1.54, 1.807) is 24.3 Å². The van der Waals surface area contributed by atoms with E-state index in [1.165, 1.54) is 19.3 Å². The third-order valence-corrected chi connectivity index (χ3v) is 8.35. The zero-order valence-electron chi connectivity index (χ0n) is 16.3. The maximum absolute atomic E-state index is 11.5. The molecule has 2 N–H and O–H groups in total. The lowest BCUT2D eigenvalue weighted by Gasteiger charge is -2.55. The molecule has 4 aliphatic carbocycles. The van der Waals surface area contributed by atoms with E-state index < -0.39 is 5.60 Å². The van der Waals surface area contributed by atoms with E-state index in [4.69, 9.17) is 4.74 Å². The molecule has 0 spiro atoms. The number of hydrogen-bond donors (Lipinski definition) is 2. The second-order valence-electron chi connectivity index (χ2n) is 8.90. The maximum Gasteiger partial charge on any atom is 0.0959 e. The Kier molecular flexibility index (Phi) is 4.81. The molecule has 0 heterocycles. The van der Waals surface area contributed by atoms with Crippen LogP contribution in [-0.4, -0.2) is 29.5 Å². The lowest BCUT2D eigenvalue weighted by molar-refractivity contribution is -0.0914. The van der Waals surface area contributed by atoms with E-state index in [9.17, 15) is 10.2 Å². The van der Waals surface area contributed by atoms with E-state index in [0.717, 1.165) is 50.2 Å². The van der Waals surface area contributed by atoms with Gasteiger partial charge in [0.25, 0.3) is 0 Å². The minimum atomic E-state index is -0.732. The van der Waals surface area contributed by atoms with Crippen LogP contribution in [0.5, 0.6) is 0 Å². The van der Waals surface area contributed by atoms with Gasteiger partial charge in [-0.3, -0.25) is 0 Å². The summed E-state index contributed by atoms with van der Waals surface area (Å²) in [5, 5.41) is 20.8. The first kappa shape index (κ1) is 18.3. The van der Waals surface area contributed by atoms with Crippen LogP contribution in [-0.2, 0) is 4.74 Å². The zero-order valence-corrected chi connectivity index (χ0v) is 16.3. The third-order valence-electron chi connectivity index (χ3n) is 8.35. The molecule has 0 aromatic rings. The van der Waals surface area contributed by atoms with Crippen LogP contribution in [0, 0.1) is 23.2 Å². The van der Waals surface area contributed by atoms with Crippen LogP contribution < -0.4 is 0 Å². The van der Waals surface area contributed by atoms with Crippen molar-refractivity contribution >= 4 is 0 Å². The van der Waals surface area contributed by atoms with E-state index >= 15 is 0 Å². The molecule has 0 aromatic carbocycles. The molecular formula is C23H34O3. The first-order chi connectivity index (χ1) is 12.6. The quantitative estimate of drug-likeness (QED) is 0.727. The van der Waals surface area contributed by atoms with Crippen LogP contribution >= 0.6 is 0 Å². The molecule has 4 aliphatic rings. The summed E-state index contributed by atoms with van der Waals surface area (Å²) in [6, 6.07) is 0. The maximum atomic E-state index is 11.5. The Labute approximate surface area is 157 Å². The van der Waals surface area contributed by atoms with E-state index in [1.807, 2.05) is 6.08 Å². The Hall–Kier alpha value is -1.06. The highest BCUT2D eigenvalue weighted by Crippen LogP contribution is 2.66. The standard InChI is InChI=1S/C23H34O3/c1-3-22-12-9-19-18-8-6-17(26-2)15-16(18)5-7-20(19)21(22)10-13-23(22,25)11-4-14-24/h4,6,11,19-21,24-25H,3,5,7-10,12-15H2,1-2H3/b11-4-/t19?,20?,21?,22?,23-/m0/s1. The van der Waals surface area contributed by atoms with Crippen molar-refractivity contribution in [1.29, 1.82) is 0 Å². The number of fused-ring (bicyclic) bond motifs is 4. The van der Waals surface area contributed by atoms with Gasteiger partial charge in [-0.1, -0.05) is 30.2 Å². The van der Waals surface area contributed by atoms with Gasteiger partial charge in [-0.2, -0.15) is 0 Å². The summed E-state index contributed by atoms with van der Waals surface area (Å²) >= 11 is 0. The first-order valence-corrected chi connectivity index (χ1v) is 10.5. The number of aliphatic hydroxyl groups is 2. The Bertz CT molecular complexity index is 646. The molecule has 144 valence electrons. The third kappa shape index (κ3) is 2.54. The molecule has 0 saturated heterocycles. The molecular weight excluding hydrogens is 324 g/mol. The number of methoxy groups -OCH3 is 1. The highest BCUT2D eigenvalue weighted by atomic mass is 16.5. The van der Waals surface area contributed by atoms with Crippen molar-refractivity contribution < 1.29 is 14.9 Å². The molecule has 4 unspecified atom stereocenters. The molecule has 0 aliphatic heterocycles. The predicted octanol–water partition coefficient (Wildman–Crippen LogP) is 4.51. The fourth-order valence-electron chi connectivity index (χ4n) is 7.16. The topological polar surface area (TPSA) is 49.7 Å². The average Bonchev–Trinajstić information content (AvgIpc) is 2.99. The summed E-state index contributed by atoms with van der Waals surface area (Å²) in [4.78, 5) is 0. The predicted molar refractivity (Wildman–Crippen MR) is 103 cm³/mol. The van der Waals surface area contributed by atoms with Crippen LogP contribution in [0.4, 0.5) is 0 Å². The molecule has 2 fully saturated rings. The van der Waals surface area contributed by atoms with Crippen molar-refractivity contribution in [3.05, 3.63) is 35.1 Å². The summed E-state index contributed by atoms with van der Waals surface area (Å²) in [5.74, 6) is 3.19. The van der Waals surface area contributed by atoms with Crippen molar-refractivity contribution in [2.45, 2.75) is 70.3 Å². The van der Waals surface area contributed by atoms with Crippen LogP contribution in [0.2, 0.25) is 0 Å².